The fourth-order valence-electron chi connectivity index (χ4n) is 1.50. The van der Waals surface area contributed by atoms with Crippen molar-refractivity contribution in [1.82, 2.24) is 0 Å². The SMILES string of the molecule is COC(=O)c1ccc(F)c(NCc2cccs2)c1. The fraction of sp³-hybridized carbons (Fsp3) is 0.154. The molecule has 0 saturated heterocycles. The van der Waals surface area contributed by atoms with Crippen molar-refractivity contribution in [3.63, 3.8) is 0 Å². The Kier molecular flexibility index (Phi) is 3.94. The van der Waals surface area contributed by atoms with Crippen LogP contribution in [0.4, 0.5) is 10.1 Å². The maximum atomic E-state index is 13.6. The first kappa shape index (κ1) is 12.6. The average Bonchev–Trinajstić information content (AvgIpc) is 2.90. The minimum atomic E-state index is -0.478. The summed E-state index contributed by atoms with van der Waals surface area (Å²) < 4.78 is 18.1. The first-order valence-corrected chi connectivity index (χ1v) is 6.23. The first-order chi connectivity index (χ1) is 8.70. The second-order valence-electron chi connectivity index (χ2n) is 3.62. The van der Waals surface area contributed by atoms with Gasteiger partial charge in [-0.25, -0.2) is 9.18 Å². The van der Waals surface area contributed by atoms with Gasteiger partial charge in [0.25, 0.3) is 0 Å². The van der Waals surface area contributed by atoms with E-state index >= 15 is 0 Å². The molecule has 0 atom stereocenters. The number of carbonyl (C=O) groups excluding carboxylic acids is 1. The molecule has 1 aromatic carbocycles. The molecule has 1 aromatic heterocycles. The molecule has 0 radical (unpaired) electrons. The summed E-state index contributed by atoms with van der Waals surface area (Å²) in [6, 6.07) is 8.00. The number of anilines is 1. The number of benzene rings is 1. The molecule has 0 bridgehead atoms. The molecule has 0 aliphatic rings. The highest BCUT2D eigenvalue weighted by Crippen LogP contribution is 2.19. The van der Waals surface area contributed by atoms with E-state index in [4.69, 9.17) is 0 Å². The van der Waals surface area contributed by atoms with E-state index in [1.807, 2.05) is 17.5 Å². The van der Waals surface area contributed by atoms with Crippen LogP contribution in [0, 0.1) is 5.82 Å². The summed E-state index contributed by atoms with van der Waals surface area (Å²) in [6.45, 7) is 0.527. The minimum absolute atomic E-state index is 0.298. The van der Waals surface area contributed by atoms with Crippen LogP contribution in [0.15, 0.2) is 35.7 Å². The van der Waals surface area contributed by atoms with E-state index in [0.29, 0.717) is 17.8 Å². The predicted octanol–water partition coefficient (Wildman–Crippen LogP) is 3.29. The molecule has 0 aliphatic carbocycles. The van der Waals surface area contributed by atoms with Gasteiger partial charge in [0, 0.05) is 11.4 Å². The highest BCUT2D eigenvalue weighted by molar-refractivity contribution is 7.09. The van der Waals surface area contributed by atoms with Crippen molar-refractivity contribution in [3.8, 4) is 0 Å². The molecule has 1 N–H and O–H groups in total. The van der Waals surface area contributed by atoms with E-state index in [0.717, 1.165) is 4.88 Å². The molecule has 0 spiro atoms. The molecule has 18 heavy (non-hydrogen) atoms. The van der Waals surface area contributed by atoms with E-state index < -0.39 is 5.97 Å². The van der Waals surface area contributed by atoms with Crippen LogP contribution >= 0.6 is 11.3 Å². The van der Waals surface area contributed by atoms with E-state index in [-0.39, 0.29) is 5.82 Å². The van der Waals surface area contributed by atoms with Crippen molar-refractivity contribution in [2.24, 2.45) is 0 Å². The Morgan fingerprint density at radius 2 is 2.28 bits per heavy atom. The minimum Gasteiger partial charge on any atom is -0.465 e. The van der Waals surface area contributed by atoms with Crippen molar-refractivity contribution < 1.29 is 13.9 Å². The van der Waals surface area contributed by atoms with Crippen molar-refractivity contribution in [2.75, 3.05) is 12.4 Å². The number of hydrogen-bond donors (Lipinski definition) is 1. The number of methoxy groups -OCH3 is 1. The Morgan fingerprint density at radius 1 is 1.44 bits per heavy atom. The molecule has 94 valence electrons. The van der Waals surface area contributed by atoms with Gasteiger partial charge in [-0.05, 0) is 29.6 Å². The molecule has 0 saturated carbocycles. The number of rotatable bonds is 4. The van der Waals surface area contributed by atoms with E-state index in [2.05, 4.69) is 10.1 Å². The fourth-order valence-corrected chi connectivity index (χ4v) is 2.15. The molecular formula is C13H12FNO2S. The van der Waals surface area contributed by atoms with Crippen molar-refractivity contribution in [2.45, 2.75) is 6.54 Å². The standard InChI is InChI=1S/C13H12FNO2S/c1-17-13(16)9-4-5-11(14)12(7-9)15-8-10-3-2-6-18-10/h2-7,15H,8H2,1H3. The molecule has 5 heteroatoms. The predicted molar refractivity (Wildman–Crippen MR) is 69.4 cm³/mol. The third kappa shape index (κ3) is 2.87. The molecule has 0 aliphatic heterocycles. The quantitative estimate of drug-likeness (QED) is 0.862. The second-order valence-corrected chi connectivity index (χ2v) is 4.65. The zero-order chi connectivity index (χ0) is 13.0. The van der Waals surface area contributed by atoms with Gasteiger partial charge < -0.3 is 10.1 Å². The third-order valence-corrected chi connectivity index (χ3v) is 3.30. The van der Waals surface area contributed by atoms with Crippen LogP contribution in [0.5, 0.6) is 0 Å². The number of ether oxygens (including phenoxy) is 1. The smallest absolute Gasteiger partial charge is 0.337 e. The summed E-state index contributed by atoms with van der Waals surface area (Å²) in [5, 5.41) is 4.92. The summed E-state index contributed by atoms with van der Waals surface area (Å²) in [6.07, 6.45) is 0. The van der Waals surface area contributed by atoms with E-state index in [1.54, 1.807) is 11.3 Å². The maximum Gasteiger partial charge on any atom is 0.337 e. The summed E-state index contributed by atoms with van der Waals surface area (Å²) in [7, 11) is 1.30. The monoisotopic (exact) mass is 265 g/mol. The Hall–Kier alpha value is -1.88. The van der Waals surface area contributed by atoms with Crippen LogP contribution in [0.25, 0.3) is 0 Å². The summed E-state index contributed by atoms with van der Waals surface area (Å²) in [5.74, 6) is -0.867. The normalized spacial score (nSPS) is 10.1. The topological polar surface area (TPSA) is 38.3 Å². The van der Waals surface area contributed by atoms with Gasteiger partial charge in [-0.3, -0.25) is 0 Å². The lowest BCUT2D eigenvalue weighted by molar-refractivity contribution is 0.0601. The van der Waals surface area contributed by atoms with Crippen LogP contribution in [0.1, 0.15) is 15.2 Å². The van der Waals surface area contributed by atoms with Crippen LogP contribution in [0.2, 0.25) is 0 Å². The van der Waals surface area contributed by atoms with Gasteiger partial charge in [-0.15, -0.1) is 11.3 Å². The van der Waals surface area contributed by atoms with Crippen molar-refractivity contribution in [1.29, 1.82) is 0 Å². The Bertz CT molecular complexity index is 540. The van der Waals surface area contributed by atoms with Crippen LogP contribution in [0.3, 0.4) is 0 Å². The summed E-state index contributed by atoms with van der Waals surface area (Å²) in [4.78, 5) is 12.4. The molecule has 0 unspecified atom stereocenters. The van der Waals surface area contributed by atoms with Crippen molar-refractivity contribution in [3.05, 3.63) is 52.0 Å². The molecular weight excluding hydrogens is 253 g/mol. The summed E-state index contributed by atoms with van der Waals surface area (Å²) >= 11 is 1.59. The molecule has 0 amide bonds. The molecule has 2 aromatic rings. The third-order valence-electron chi connectivity index (χ3n) is 2.42. The van der Waals surface area contributed by atoms with Gasteiger partial charge in [0.15, 0.2) is 0 Å². The van der Waals surface area contributed by atoms with Gasteiger partial charge in [-0.2, -0.15) is 0 Å². The van der Waals surface area contributed by atoms with Gasteiger partial charge in [0.1, 0.15) is 5.82 Å². The number of thiophene rings is 1. The molecule has 1 heterocycles. The summed E-state index contributed by atoms with van der Waals surface area (Å²) in [5.41, 5.74) is 0.624. The lowest BCUT2D eigenvalue weighted by Crippen LogP contribution is -2.05. The largest absolute Gasteiger partial charge is 0.465 e. The van der Waals surface area contributed by atoms with Gasteiger partial charge >= 0.3 is 5.97 Å². The number of nitrogens with one attached hydrogen (secondary N) is 1. The van der Waals surface area contributed by atoms with Crippen LogP contribution < -0.4 is 5.32 Å². The molecule has 3 nitrogen and oxygen atoms in total. The Morgan fingerprint density at radius 3 is 2.94 bits per heavy atom. The maximum absolute atomic E-state index is 13.6. The van der Waals surface area contributed by atoms with E-state index in [1.165, 1.54) is 25.3 Å². The number of hydrogen-bond acceptors (Lipinski definition) is 4. The van der Waals surface area contributed by atoms with Gasteiger partial charge in [-0.1, -0.05) is 6.07 Å². The first-order valence-electron chi connectivity index (χ1n) is 5.35. The lowest BCUT2D eigenvalue weighted by atomic mass is 10.2. The lowest BCUT2D eigenvalue weighted by Gasteiger charge is -2.08. The zero-order valence-electron chi connectivity index (χ0n) is 9.77. The zero-order valence-corrected chi connectivity index (χ0v) is 10.6. The van der Waals surface area contributed by atoms with Gasteiger partial charge in [0.2, 0.25) is 0 Å². The Balaban J connectivity index is 2.13. The van der Waals surface area contributed by atoms with Crippen molar-refractivity contribution >= 4 is 23.0 Å². The highest BCUT2D eigenvalue weighted by atomic mass is 32.1. The van der Waals surface area contributed by atoms with E-state index in [9.17, 15) is 9.18 Å². The Labute approximate surface area is 108 Å². The second kappa shape index (κ2) is 5.64. The average molecular weight is 265 g/mol. The number of halogens is 1. The number of esters is 1. The molecule has 2 rings (SSSR count). The molecule has 0 fully saturated rings. The highest BCUT2D eigenvalue weighted by Gasteiger charge is 2.09. The van der Waals surface area contributed by atoms with Crippen LogP contribution in [-0.2, 0) is 11.3 Å². The van der Waals surface area contributed by atoms with Gasteiger partial charge in [0.05, 0.1) is 18.4 Å². The van der Waals surface area contributed by atoms with Crippen LogP contribution in [-0.4, -0.2) is 13.1 Å². The number of carbonyl (C=O) groups is 1.